The van der Waals surface area contributed by atoms with E-state index >= 15 is 0 Å². The maximum atomic E-state index is 5.58. The van der Waals surface area contributed by atoms with Gasteiger partial charge >= 0.3 is 0 Å². The van der Waals surface area contributed by atoms with Crippen LogP contribution in [0, 0.1) is 5.92 Å². The Kier molecular flexibility index (Phi) is 5.19. The molecule has 12 heavy (non-hydrogen) atoms. The molecule has 1 aliphatic rings. The van der Waals surface area contributed by atoms with Crippen molar-refractivity contribution in [3.05, 3.63) is 0 Å². The van der Waals surface area contributed by atoms with Crippen molar-refractivity contribution in [2.45, 2.75) is 32.5 Å². The molecule has 0 bridgehead atoms. The molecule has 1 rings (SSSR count). The molecule has 1 fully saturated rings. The Morgan fingerprint density at radius 1 is 1.58 bits per heavy atom. The molecule has 2 nitrogen and oxygen atoms in total. The Morgan fingerprint density at radius 2 is 2.42 bits per heavy atom. The summed E-state index contributed by atoms with van der Waals surface area (Å²) in [6.07, 6.45) is 3.57. The zero-order valence-electron chi connectivity index (χ0n) is 7.59. The summed E-state index contributed by atoms with van der Waals surface area (Å²) in [6, 6.07) is 0. The summed E-state index contributed by atoms with van der Waals surface area (Å²) in [5, 5.41) is 1.000. The van der Waals surface area contributed by atoms with E-state index in [0.29, 0.717) is 5.92 Å². The van der Waals surface area contributed by atoms with Gasteiger partial charge in [-0.15, -0.1) is 0 Å². The molecule has 0 aromatic heterocycles. The quantitative estimate of drug-likeness (QED) is 0.699. The van der Waals surface area contributed by atoms with Gasteiger partial charge in [-0.2, -0.15) is 0 Å². The normalized spacial score (nSPS) is 27.0. The highest BCUT2D eigenvalue weighted by atomic mass is 79.9. The van der Waals surface area contributed by atoms with Crippen LogP contribution in [0.1, 0.15) is 26.2 Å². The monoisotopic (exact) mass is 236 g/mol. The number of ether oxygens (including phenoxy) is 2. The average Bonchev–Trinajstić information content (AvgIpc) is 2.16. The van der Waals surface area contributed by atoms with Crippen molar-refractivity contribution >= 4 is 15.9 Å². The van der Waals surface area contributed by atoms with Crippen LogP contribution in [0.25, 0.3) is 0 Å². The van der Waals surface area contributed by atoms with Gasteiger partial charge in [-0.1, -0.05) is 22.9 Å². The second-order valence-corrected chi connectivity index (χ2v) is 4.04. The van der Waals surface area contributed by atoms with Crippen LogP contribution in [0.5, 0.6) is 0 Å². The largest absolute Gasteiger partial charge is 0.353 e. The first-order chi connectivity index (χ1) is 5.83. The van der Waals surface area contributed by atoms with E-state index in [1.54, 1.807) is 0 Å². The van der Waals surface area contributed by atoms with Gasteiger partial charge in [0, 0.05) is 11.9 Å². The van der Waals surface area contributed by atoms with Crippen LogP contribution >= 0.6 is 15.9 Å². The number of alkyl halides is 1. The smallest absolute Gasteiger partial charge is 0.157 e. The van der Waals surface area contributed by atoms with E-state index in [0.717, 1.165) is 25.0 Å². The van der Waals surface area contributed by atoms with E-state index in [1.807, 2.05) is 0 Å². The summed E-state index contributed by atoms with van der Waals surface area (Å²) in [6.45, 7) is 3.83. The summed E-state index contributed by atoms with van der Waals surface area (Å²) in [5.41, 5.74) is 0. The minimum Gasteiger partial charge on any atom is -0.353 e. The van der Waals surface area contributed by atoms with Crippen LogP contribution in [-0.2, 0) is 9.47 Å². The van der Waals surface area contributed by atoms with Crippen LogP contribution in [0.2, 0.25) is 0 Å². The summed E-state index contributed by atoms with van der Waals surface area (Å²) < 4.78 is 11.0. The molecule has 1 heterocycles. The van der Waals surface area contributed by atoms with Crippen LogP contribution in [0.3, 0.4) is 0 Å². The lowest BCUT2D eigenvalue weighted by atomic mass is 10.2. The second kappa shape index (κ2) is 5.95. The Bertz CT molecular complexity index is 113. The molecule has 0 N–H and O–H groups in total. The highest BCUT2D eigenvalue weighted by Crippen LogP contribution is 2.14. The third kappa shape index (κ3) is 3.87. The van der Waals surface area contributed by atoms with Gasteiger partial charge in [0.15, 0.2) is 6.29 Å². The van der Waals surface area contributed by atoms with Crippen LogP contribution in [-0.4, -0.2) is 24.8 Å². The Labute approximate surface area is 82.7 Å². The molecule has 0 radical (unpaired) electrons. The van der Waals surface area contributed by atoms with Crippen molar-refractivity contribution in [2.75, 3.05) is 18.5 Å². The molecule has 1 saturated heterocycles. The maximum absolute atomic E-state index is 5.58. The van der Waals surface area contributed by atoms with Crippen molar-refractivity contribution in [3.8, 4) is 0 Å². The number of rotatable bonds is 4. The van der Waals surface area contributed by atoms with Gasteiger partial charge in [-0.3, -0.25) is 0 Å². The fourth-order valence-corrected chi connectivity index (χ4v) is 1.35. The summed E-state index contributed by atoms with van der Waals surface area (Å²) in [5.74, 6) is 0.579. The topological polar surface area (TPSA) is 18.5 Å². The molecule has 0 saturated carbocycles. The second-order valence-electron chi connectivity index (χ2n) is 3.39. The zero-order chi connectivity index (χ0) is 8.81. The van der Waals surface area contributed by atoms with Crippen LogP contribution in [0.15, 0.2) is 0 Å². The van der Waals surface area contributed by atoms with Crippen molar-refractivity contribution in [2.24, 2.45) is 5.92 Å². The molecule has 0 amide bonds. The van der Waals surface area contributed by atoms with E-state index in [9.17, 15) is 0 Å². The van der Waals surface area contributed by atoms with E-state index in [4.69, 9.17) is 9.47 Å². The SMILES string of the molecule is CC(CBr)CO[C@H]1CCCCO1. The van der Waals surface area contributed by atoms with Gasteiger partial charge in [0.2, 0.25) is 0 Å². The summed E-state index contributed by atoms with van der Waals surface area (Å²) in [7, 11) is 0. The van der Waals surface area contributed by atoms with Gasteiger partial charge in [0.05, 0.1) is 6.61 Å². The lowest BCUT2D eigenvalue weighted by Gasteiger charge is -2.23. The standard InChI is InChI=1S/C9H17BrO2/c1-8(6-10)7-12-9-4-2-3-5-11-9/h8-9H,2-7H2,1H3/t8?,9-/m0/s1. The molecule has 1 aliphatic heterocycles. The first-order valence-corrected chi connectivity index (χ1v) is 5.74. The summed E-state index contributed by atoms with van der Waals surface area (Å²) >= 11 is 3.42. The molecule has 1 unspecified atom stereocenters. The number of halogens is 1. The molecule has 72 valence electrons. The lowest BCUT2D eigenvalue weighted by Crippen LogP contribution is -2.24. The predicted molar refractivity (Wildman–Crippen MR) is 52.5 cm³/mol. The molecule has 2 atom stereocenters. The molecular formula is C9H17BrO2. The number of hydrogen-bond acceptors (Lipinski definition) is 2. The van der Waals surface area contributed by atoms with Gasteiger partial charge in [0.25, 0.3) is 0 Å². The third-order valence-electron chi connectivity index (χ3n) is 1.97. The molecule has 3 heteroatoms. The zero-order valence-corrected chi connectivity index (χ0v) is 9.18. The minimum absolute atomic E-state index is 0.0697. The maximum Gasteiger partial charge on any atom is 0.157 e. The van der Waals surface area contributed by atoms with Crippen molar-refractivity contribution in [1.29, 1.82) is 0 Å². The highest BCUT2D eigenvalue weighted by molar-refractivity contribution is 9.09. The van der Waals surface area contributed by atoms with Crippen LogP contribution in [0.4, 0.5) is 0 Å². The van der Waals surface area contributed by atoms with Gasteiger partial charge in [0.1, 0.15) is 0 Å². The summed E-state index contributed by atoms with van der Waals surface area (Å²) in [4.78, 5) is 0. The van der Waals surface area contributed by atoms with Crippen LogP contribution < -0.4 is 0 Å². The molecule has 0 spiro atoms. The first kappa shape index (κ1) is 10.5. The van der Waals surface area contributed by atoms with Gasteiger partial charge in [-0.05, 0) is 25.2 Å². The van der Waals surface area contributed by atoms with Crippen molar-refractivity contribution < 1.29 is 9.47 Å². The van der Waals surface area contributed by atoms with E-state index < -0.39 is 0 Å². The van der Waals surface area contributed by atoms with Crippen molar-refractivity contribution in [1.82, 2.24) is 0 Å². The van der Waals surface area contributed by atoms with E-state index in [2.05, 4.69) is 22.9 Å². The third-order valence-corrected chi connectivity index (χ3v) is 3.07. The van der Waals surface area contributed by atoms with Crippen molar-refractivity contribution in [3.63, 3.8) is 0 Å². The molecule has 0 aromatic rings. The predicted octanol–water partition coefficient (Wildman–Crippen LogP) is 2.56. The van der Waals surface area contributed by atoms with E-state index in [-0.39, 0.29) is 6.29 Å². The van der Waals surface area contributed by atoms with Gasteiger partial charge < -0.3 is 9.47 Å². The average molecular weight is 237 g/mol. The molecule has 0 aromatic carbocycles. The number of hydrogen-bond donors (Lipinski definition) is 0. The Hall–Kier alpha value is 0.400. The lowest BCUT2D eigenvalue weighted by molar-refractivity contribution is -0.167. The minimum atomic E-state index is 0.0697. The Morgan fingerprint density at radius 3 is 3.00 bits per heavy atom. The fourth-order valence-electron chi connectivity index (χ4n) is 1.16. The molecular weight excluding hydrogens is 220 g/mol. The Balaban J connectivity index is 2.05. The highest BCUT2D eigenvalue weighted by Gasteiger charge is 2.14. The van der Waals surface area contributed by atoms with E-state index in [1.165, 1.54) is 12.8 Å². The molecule has 0 aliphatic carbocycles. The van der Waals surface area contributed by atoms with Gasteiger partial charge in [-0.25, -0.2) is 0 Å². The first-order valence-electron chi connectivity index (χ1n) is 4.62. The fraction of sp³-hybridized carbons (Fsp3) is 1.00.